The number of rotatable bonds is 3. The van der Waals surface area contributed by atoms with Gasteiger partial charge < -0.3 is 10.0 Å². The van der Waals surface area contributed by atoms with Gasteiger partial charge in [-0.3, -0.25) is 0 Å². The predicted molar refractivity (Wildman–Crippen MR) is 77.7 cm³/mol. The zero-order chi connectivity index (χ0) is 13.1. The second-order valence-corrected chi connectivity index (χ2v) is 7.26. The maximum absolute atomic E-state index is 10.1. The van der Waals surface area contributed by atoms with E-state index in [0.717, 1.165) is 44.6 Å². The molecule has 2 unspecified atom stereocenters. The molecule has 1 aliphatic heterocycles. The van der Waals surface area contributed by atoms with Crippen molar-refractivity contribution in [2.24, 2.45) is 11.3 Å². The summed E-state index contributed by atoms with van der Waals surface area (Å²) in [6.45, 7) is 12.1. The molecule has 0 amide bonds. The summed E-state index contributed by atoms with van der Waals surface area (Å²) in [5, 5.41) is 10.1. The Bertz CT molecular complexity index is 235. The lowest BCUT2D eigenvalue weighted by Crippen LogP contribution is -2.37. The van der Waals surface area contributed by atoms with Crippen LogP contribution in [-0.2, 0) is 0 Å². The highest BCUT2D eigenvalue weighted by molar-refractivity contribution is 7.80. The van der Waals surface area contributed by atoms with Crippen LogP contribution < -0.4 is 0 Å². The van der Waals surface area contributed by atoms with Crippen LogP contribution in [0.3, 0.4) is 0 Å². The van der Waals surface area contributed by atoms with Crippen LogP contribution in [0.2, 0.25) is 0 Å². The van der Waals surface area contributed by atoms with E-state index < -0.39 is 5.60 Å². The number of hydrogen-bond acceptors (Lipinski definition) is 3. The first-order chi connectivity index (χ1) is 7.74. The quantitative estimate of drug-likeness (QED) is 0.761. The summed E-state index contributed by atoms with van der Waals surface area (Å²) in [6.07, 6.45) is 2.94. The van der Waals surface area contributed by atoms with E-state index in [-0.39, 0.29) is 0 Å². The van der Waals surface area contributed by atoms with Gasteiger partial charge in [-0.15, -0.1) is 0 Å². The second kappa shape index (κ2) is 5.94. The van der Waals surface area contributed by atoms with Gasteiger partial charge in [0.25, 0.3) is 0 Å². The van der Waals surface area contributed by atoms with Gasteiger partial charge in [0.1, 0.15) is 0 Å². The van der Waals surface area contributed by atoms with Gasteiger partial charge in [0.15, 0.2) is 0 Å². The largest absolute Gasteiger partial charge is 0.390 e. The summed E-state index contributed by atoms with van der Waals surface area (Å²) in [6, 6.07) is 0. The minimum atomic E-state index is -0.451. The normalized spacial score (nSPS) is 30.0. The van der Waals surface area contributed by atoms with Crippen molar-refractivity contribution in [3.63, 3.8) is 0 Å². The van der Waals surface area contributed by atoms with Crippen molar-refractivity contribution >= 4 is 12.6 Å². The Kier molecular flexibility index (Phi) is 5.36. The lowest BCUT2D eigenvalue weighted by Gasteiger charge is -2.34. The van der Waals surface area contributed by atoms with Crippen LogP contribution >= 0.6 is 12.6 Å². The van der Waals surface area contributed by atoms with Crippen molar-refractivity contribution in [2.75, 3.05) is 25.4 Å². The highest BCUT2D eigenvalue weighted by Crippen LogP contribution is 2.29. The highest BCUT2D eigenvalue weighted by atomic mass is 32.1. The Morgan fingerprint density at radius 2 is 1.94 bits per heavy atom. The minimum Gasteiger partial charge on any atom is -0.390 e. The Morgan fingerprint density at radius 1 is 1.29 bits per heavy atom. The molecule has 1 aliphatic rings. The molecule has 0 aromatic rings. The molecular weight excluding hydrogens is 230 g/mol. The molecular formula is C14H29NOS. The lowest BCUT2D eigenvalue weighted by atomic mass is 9.81. The topological polar surface area (TPSA) is 23.5 Å². The third-order valence-electron chi connectivity index (χ3n) is 4.08. The fourth-order valence-corrected chi connectivity index (χ4v) is 3.08. The van der Waals surface area contributed by atoms with E-state index in [0.29, 0.717) is 11.3 Å². The lowest BCUT2D eigenvalue weighted by molar-refractivity contribution is 0.0435. The average molecular weight is 259 g/mol. The molecule has 17 heavy (non-hydrogen) atoms. The van der Waals surface area contributed by atoms with Gasteiger partial charge >= 0.3 is 0 Å². The maximum atomic E-state index is 10.1. The summed E-state index contributed by atoms with van der Waals surface area (Å²) < 4.78 is 0. The van der Waals surface area contributed by atoms with Gasteiger partial charge in [-0.1, -0.05) is 20.8 Å². The Morgan fingerprint density at radius 3 is 2.47 bits per heavy atom. The molecule has 1 heterocycles. The third kappa shape index (κ3) is 5.19. The summed E-state index contributed by atoms with van der Waals surface area (Å²) in [7, 11) is 0. The third-order valence-corrected chi connectivity index (χ3v) is 4.52. The van der Waals surface area contributed by atoms with Crippen LogP contribution in [0, 0.1) is 11.3 Å². The van der Waals surface area contributed by atoms with E-state index in [1.807, 2.05) is 6.92 Å². The first kappa shape index (κ1) is 15.3. The van der Waals surface area contributed by atoms with Crippen LogP contribution in [0.15, 0.2) is 0 Å². The Labute approximate surface area is 112 Å². The molecule has 2 nitrogen and oxygen atoms in total. The van der Waals surface area contributed by atoms with Gasteiger partial charge in [0.2, 0.25) is 0 Å². The van der Waals surface area contributed by atoms with E-state index in [1.165, 1.54) is 0 Å². The number of nitrogens with zero attached hydrogens (tertiary/aromatic N) is 1. The number of aliphatic hydroxyl groups is 1. The number of likely N-dealkylation sites (tertiary alicyclic amines) is 1. The molecule has 0 saturated carbocycles. The highest BCUT2D eigenvalue weighted by Gasteiger charge is 2.29. The Hall–Kier alpha value is 0.270. The zero-order valence-electron chi connectivity index (χ0n) is 11.9. The van der Waals surface area contributed by atoms with Gasteiger partial charge in [-0.2, -0.15) is 12.6 Å². The van der Waals surface area contributed by atoms with Crippen LogP contribution in [-0.4, -0.2) is 41.0 Å². The van der Waals surface area contributed by atoms with Gasteiger partial charge in [0, 0.05) is 13.1 Å². The van der Waals surface area contributed by atoms with E-state index in [1.54, 1.807) is 0 Å². The van der Waals surface area contributed by atoms with E-state index in [4.69, 9.17) is 0 Å². The molecule has 0 spiro atoms. The summed E-state index contributed by atoms with van der Waals surface area (Å²) in [4.78, 5) is 2.51. The molecule has 0 bridgehead atoms. The van der Waals surface area contributed by atoms with Gasteiger partial charge in [-0.25, -0.2) is 0 Å². The van der Waals surface area contributed by atoms with Crippen LogP contribution in [0.1, 0.15) is 47.0 Å². The van der Waals surface area contributed by atoms with Gasteiger partial charge in [-0.05, 0) is 49.8 Å². The molecule has 1 rings (SSSR count). The monoisotopic (exact) mass is 259 g/mol. The fourth-order valence-electron chi connectivity index (χ4n) is 2.42. The standard InChI is InChI=1S/C14H29NOS/c1-13(2,3)12(11-17)10-15-8-5-6-14(4,16)7-9-15/h12,16-17H,5-11H2,1-4H3. The van der Waals surface area contributed by atoms with E-state index in [2.05, 4.69) is 38.3 Å². The van der Waals surface area contributed by atoms with Crippen LogP contribution in [0.25, 0.3) is 0 Å². The summed E-state index contributed by atoms with van der Waals surface area (Å²) in [5.41, 5.74) is -0.135. The van der Waals surface area contributed by atoms with E-state index >= 15 is 0 Å². The molecule has 0 aliphatic carbocycles. The van der Waals surface area contributed by atoms with E-state index in [9.17, 15) is 5.11 Å². The maximum Gasteiger partial charge on any atom is 0.0632 e. The molecule has 1 fully saturated rings. The zero-order valence-corrected chi connectivity index (χ0v) is 12.8. The Balaban J connectivity index is 2.51. The van der Waals surface area contributed by atoms with Crippen molar-refractivity contribution in [2.45, 2.75) is 52.6 Å². The smallest absolute Gasteiger partial charge is 0.0632 e. The fraction of sp³-hybridized carbons (Fsp3) is 1.00. The molecule has 2 atom stereocenters. The number of hydrogen-bond donors (Lipinski definition) is 2. The number of thiol groups is 1. The first-order valence-corrected chi connectivity index (χ1v) is 7.43. The van der Waals surface area contributed by atoms with Crippen molar-refractivity contribution in [1.29, 1.82) is 0 Å². The molecule has 0 radical (unpaired) electrons. The molecule has 0 aromatic carbocycles. The molecule has 1 N–H and O–H groups in total. The van der Waals surface area contributed by atoms with Gasteiger partial charge in [0.05, 0.1) is 5.60 Å². The molecule has 0 aromatic heterocycles. The minimum absolute atomic E-state index is 0.316. The molecule has 3 heteroatoms. The molecule has 1 saturated heterocycles. The van der Waals surface area contributed by atoms with Crippen molar-refractivity contribution in [3.05, 3.63) is 0 Å². The predicted octanol–water partition coefficient (Wildman–Crippen LogP) is 2.82. The first-order valence-electron chi connectivity index (χ1n) is 6.80. The van der Waals surface area contributed by atoms with Crippen LogP contribution in [0.4, 0.5) is 0 Å². The van der Waals surface area contributed by atoms with Crippen molar-refractivity contribution in [3.8, 4) is 0 Å². The second-order valence-electron chi connectivity index (χ2n) is 6.90. The summed E-state index contributed by atoms with van der Waals surface area (Å²) >= 11 is 4.49. The van der Waals surface area contributed by atoms with Crippen LogP contribution in [0.5, 0.6) is 0 Å². The SMILES string of the molecule is CC1(O)CCCN(CC(CS)C(C)(C)C)CC1. The average Bonchev–Trinajstić information content (AvgIpc) is 2.34. The van der Waals surface area contributed by atoms with Crippen molar-refractivity contribution < 1.29 is 5.11 Å². The molecule has 102 valence electrons. The summed E-state index contributed by atoms with van der Waals surface area (Å²) in [5.74, 6) is 1.56. The van der Waals surface area contributed by atoms with Crippen molar-refractivity contribution in [1.82, 2.24) is 4.90 Å².